The molecule has 7 nitrogen and oxygen atoms in total. The van der Waals surface area contributed by atoms with Gasteiger partial charge < -0.3 is 15.0 Å². The van der Waals surface area contributed by atoms with Gasteiger partial charge in [-0.15, -0.1) is 0 Å². The molecule has 184 valence electrons. The van der Waals surface area contributed by atoms with Crippen LogP contribution in [0.4, 0.5) is 13.6 Å². The topological polar surface area (TPSA) is 74.2 Å². The molecule has 2 aliphatic heterocycles. The number of likely N-dealkylation sites (N-methyl/N-ethyl adjacent to an activating group) is 1. The molecule has 2 amide bonds. The molecule has 2 heterocycles. The number of rotatable bonds is 5. The van der Waals surface area contributed by atoms with Gasteiger partial charge in [0, 0.05) is 18.2 Å². The van der Waals surface area contributed by atoms with Gasteiger partial charge in [-0.05, 0) is 51.2 Å². The summed E-state index contributed by atoms with van der Waals surface area (Å²) < 4.78 is 33.2. The standard InChI is InChI=1S/C26H28F2N4O3/c1-26(2)20-13-29-23(30-24(33)18-11-10-17(27)12-21(18)28)19(20)14-32(26)25(34)35-22(15-31(3)4)16-8-6-5-7-9-16/h5-12,22H,13-15H2,1-4H3,(H,29,30,33). The van der Waals surface area contributed by atoms with E-state index in [-0.39, 0.29) is 17.9 Å². The third-order valence-electron chi connectivity index (χ3n) is 6.35. The molecule has 0 bridgehead atoms. The molecule has 2 aromatic carbocycles. The normalized spacial score (nSPS) is 17.3. The number of benzene rings is 2. The Morgan fingerprint density at radius 2 is 1.89 bits per heavy atom. The lowest BCUT2D eigenvalue weighted by molar-refractivity contribution is 0.0383. The summed E-state index contributed by atoms with van der Waals surface area (Å²) in [4.78, 5) is 33.9. The fourth-order valence-electron chi connectivity index (χ4n) is 4.40. The summed E-state index contributed by atoms with van der Waals surface area (Å²) in [6, 6.07) is 12.3. The fraction of sp³-hybridized carbons (Fsp3) is 0.346. The van der Waals surface area contributed by atoms with Gasteiger partial charge >= 0.3 is 6.09 Å². The zero-order valence-electron chi connectivity index (χ0n) is 20.1. The first-order valence-electron chi connectivity index (χ1n) is 11.3. The largest absolute Gasteiger partial charge is 0.440 e. The Morgan fingerprint density at radius 3 is 2.54 bits per heavy atom. The van der Waals surface area contributed by atoms with Gasteiger partial charge in [-0.2, -0.15) is 0 Å². The van der Waals surface area contributed by atoms with E-state index in [4.69, 9.17) is 4.74 Å². The van der Waals surface area contributed by atoms with Crippen molar-refractivity contribution in [2.24, 2.45) is 4.99 Å². The molecule has 2 aliphatic rings. The molecular weight excluding hydrogens is 454 g/mol. The molecule has 35 heavy (non-hydrogen) atoms. The lowest BCUT2D eigenvalue weighted by Crippen LogP contribution is -2.47. The summed E-state index contributed by atoms with van der Waals surface area (Å²) in [6.45, 7) is 4.81. The van der Waals surface area contributed by atoms with Crippen molar-refractivity contribution in [2.75, 3.05) is 33.7 Å². The number of nitrogens with one attached hydrogen (secondary N) is 1. The van der Waals surface area contributed by atoms with Gasteiger partial charge in [0.25, 0.3) is 5.91 Å². The number of ether oxygens (including phenoxy) is 1. The number of amides is 2. The Hall–Kier alpha value is -3.59. The minimum absolute atomic E-state index is 0.190. The Labute approximate surface area is 203 Å². The molecule has 4 rings (SSSR count). The van der Waals surface area contributed by atoms with Crippen molar-refractivity contribution in [1.82, 2.24) is 15.1 Å². The Morgan fingerprint density at radius 1 is 1.17 bits per heavy atom. The van der Waals surface area contributed by atoms with E-state index in [1.54, 1.807) is 4.90 Å². The van der Waals surface area contributed by atoms with Crippen molar-refractivity contribution < 1.29 is 23.1 Å². The number of nitrogens with zero attached hydrogens (tertiary/aromatic N) is 3. The SMILES string of the molecule is CN(C)CC(OC(=O)N1CC2=C(CN=C2NC(=O)c2ccc(F)cc2F)C1(C)C)c1ccccc1. The average Bonchev–Trinajstić information content (AvgIpc) is 3.31. The molecule has 1 N–H and O–H groups in total. The highest BCUT2D eigenvalue weighted by molar-refractivity contribution is 6.14. The molecule has 1 atom stereocenters. The number of amidine groups is 1. The zero-order valence-corrected chi connectivity index (χ0v) is 20.1. The third kappa shape index (κ3) is 4.95. The first kappa shape index (κ1) is 24.5. The predicted molar refractivity (Wildman–Crippen MR) is 128 cm³/mol. The van der Waals surface area contributed by atoms with Crippen LogP contribution in [0.15, 0.2) is 64.7 Å². The monoisotopic (exact) mass is 482 g/mol. The molecule has 0 saturated heterocycles. The highest BCUT2D eigenvalue weighted by Crippen LogP contribution is 2.38. The van der Waals surface area contributed by atoms with E-state index in [9.17, 15) is 18.4 Å². The quantitative estimate of drug-likeness (QED) is 0.701. The number of hydrogen-bond acceptors (Lipinski definition) is 5. The number of halogens is 2. The summed E-state index contributed by atoms with van der Waals surface area (Å²) in [6.07, 6.45) is -0.936. The highest BCUT2D eigenvalue weighted by Gasteiger charge is 2.46. The summed E-state index contributed by atoms with van der Waals surface area (Å²) in [5.41, 5.74) is 1.50. The van der Waals surface area contributed by atoms with Gasteiger partial charge in [-0.25, -0.2) is 13.6 Å². The van der Waals surface area contributed by atoms with E-state index in [0.29, 0.717) is 24.7 Å². The van der Waals surface area contributed by atoms with Crippen LogP contribution in [0.25, 0.3) is 0 Å². The first-order valence-corrected chi connectivity index (χ1v) is 11.3. The van der Waals surface area contributed by atoms with Gasteiger partial charge in [-0.3, -0.25) is 14.7 Å². The lowest BCUT2D eigenvalue weighted by atomic mass is 9.94. The average molecular weight is 483 g/mol. The van der Waals surface area contributed by atoms with E-state index in [1.165, 1.54) is 0 Å². The van der Waals surface area contributed by atoms with E-state index in [2.05, 4.69) is 10.3 Å². The molecule has 0 aromatic heterocycles. The van der Waals surface area contributed by atoms with Crippen LogP contribution < -0.4 is 5.32 Å². The van der Waals surface area contributed by atoms with E-state index >= 15 is 0 Å². The second-order valence-corrected chi connectivity index (χ2v) is 9.39. The second-order valence-electron chi connectivity index (χ2n) is 9.39. The van der Waals surface area contributed by atoms with Crippen LogP contribution in [0.5, 0.6) is 0 Å². The van der Waals surface area contributed by atoms with Crippen molar-refractivity contribution in [3.05, 3.63) is 82.4 Å². The first-order chi connectivity index (χ1) is 16.6. The van der Waals surface area contributed by atoms with Crippen molar-refractivity contribution in [1.29, 1.82) is 0 Å². The van der Waals surface area contributed by atoms with Gasteiger partial charge in [0.15, 0.2) is 0 Å². The van der Waals surface area contributed by atoms with Crippen LogP contribution in [0.1, 0.15) is 35.9 Å². The van der Waals surface area contributed by atoms with Crippen LogP contribution in [-0.2, 0) is 4.74 Å². The molecule has 0 radical (unpaired) electrons. The summed E-state index contributed by atoms with van der Waals surface area (Å²) in [5.74, 6) is -2.17. The van der Waals surface area contributed by atoms with Crippen molar-refractivity contribution >= 4 is 17.8 Å². The maximum Gasteiger partial charge on any atom is 0.411 e. The van der Waals surface area contributed by atoms with Crippen molar-refractivity contribution in [2.45, 2.75) is 25.5 Å². The minimum atomic E-state index is -0.958. The van der Waals surface area contributed by atoms with E-state index in [1.807, 2.05) is 63.2 Å². The number of aliphatic imine (C=N–C) groups is 1. The number of hydrogen-bond donors (Lipinski definition) is 1. The molecular formula is C26H28F2N4O3. The third-order valence-corrected chi connectivity index (χ3v) is 6.35. The van der Waals surface area contributed by atoms with E-state index in [0.717, 1.165) is 23.3 Å². The van der Waals surface area contributed by atoms with Crippen molar-refractivity contribution in [3.63, 3.8) is 0 Å². The molecule has 0 saturated carbocycles. The molecule has 0 fully saturated rings. The van der Waals surface area contributed by atoms with Gasteiger partial charge in [0.05, 0.1) is 24.2 Å². The molecule has 1 unspecified atom stereocenters. The van der Waals surface area contributed by atoms with Crippen LogP contribution in [0.3, 0.4) is 0 Å². The molecule has 2 aromatic rings. The Balaban J connectivity index is 1.49. The van der Waals surface area contributed by atoms with Crippen LogP contribution in [0, 0.1) is 11.6 Å². The van der Waals surface area contributed by atoms with E-state index < -0.39 is 35.3 Å². The Kier molecular flexibility index (Phi) is 6.71. The molecule has 0 spiro atoms. The number of carbonyl (C=O) groups excluding carboxylic acids is 2. The second kappa shape index (κ2) is 9.58. The van der Waals surface area contributed by atoms with Crippen LogP contribution in [0.2, 0.25) is 0 Å². The van der Waals surface area contributed by atoms with Crippen LogP contribution in [-0.4, -0.2) is 66.9 Å². The van der Waals surface area contributed by atoms with Crippen LogP contribution >= 0.6 is 0 Å². The molecule has 9 heteroatoms. The van der Waals surface area contributed by atoms with Gasteiger partial charge in [0.2, 0.25) is 0 Å². The minimum Gasteiger partial charge on any atom is -0.440 e. The molecule has 0 aliphatic carbocycles. The maximum atomic E-state index is 14.1. The zero-order chi connectivity index (χ0) is 25.3. The van der Waals surface area contributed by atoms with Gasteiger partial charge in [0.1, 0.15) is 23.6 Å². The highest BCUT2D eigenvalue weighted by atomic mass is 19.1. The predicted octanol–water partition coefficient (Wildman–Crippen LogP) is 3.94. The Bertz CT molecular complexity index is 1210. The summed E-state index contributed by atoms with van der Waals surface area (Å²) in [7, 11) is 3.82. The summed E-state index contributed by atoms with van der Waals surface area (Å²) >= 11 is 0. The number of carbonyl (C=O) groups is 2. The smallest absolute Gasteiger partial charge is 0.411 e. The van der Waals surface area contributed by atoms with Crippen molar-refractivity contribution in [3.8, 4) is 0 Å². The van der Waals surface area contributed by atoms with Gasteiger partial charge in [-0.1, -0.05) is 30.3 Å². The summed E-state index contributed by atoms with van der Waals surface area (Å²) in [5, 5.41) is 2.62. The lowest BCUT2D eigenvalue weighted by Gasteiger charge is -2.35. The maximum absolute atomic E-state index is 14.1. The fourth-order valence-corrected chi connectivity index (χ4v) is 4.40.